The van der Waals surface area contributed by atoms with Crippen LogP contribution in [0.5, 0.6) is 0 Å². The Labute approximate surface area is 106 Å². The number of aliphatic hydroxyl groups is 1. The highest BCUT2D eigenvalue weighted by atomic mass is 19.3. The maximum Gasteiger partial charge on any atom is 0.282 e. The molecule has 1 amide bonds. The highest BCUT2D eigenvalue weighted by molar-refractivity contribution is 5.81. The molecule has 0 spiro atoms. The maximum atomic E-state index is 12.8. The lowest BCUT2D eigenvalue weighted by atomic mass is 10.2. The molecule has 2 N–H and O–H groups in total. The van der Waals surface area contributed by atoms with Gasteiger partial charge in [-0.2, -0.15) is 0 Å². The minimum Gasteiger partial charge on any atom is -0.390 e. The second-order valence-electron chi connectivity index (χ2n) is 4.86. The van der Waals surface area contributed by atoms with Gasteiger partial charge in [0.15, 0.2) is 0 Å². The van der Waals surface area contributed by atoms with Gasteiger partial charge in [0.1, 0.15) is 6.61 Å². The molecule has 18 heavy (non-hydrogen) atoms. The van der Waals surface area contributed by atoms with Crippen LogP contribution in [0.2, 0.25) is 0 Å². The number of rotatable bonds is 5. The molecule has 1 aliphatic heterocycles. The van der Waals surface area contributed by atoms with Crippen molar-refractivity contribution in [2.45, 2.75) is 44.6 Å². The number of nitrogens with zero attached hydrogens (tertiary/aromatic N) is 1. The van der Waals surface area contributed by atoms with Gasteiger partial charge in [0.2, 0.25) is 5.91 Å². The summed E-state index contributed by atoms with van der Waals surface area (Å²) in [6.45, 7) is 1.12. The lowest BCUT2D eigenvalue weighted by Gasteiger charge is -2.25. The topological polar surface area (TPSA) is 52.6 Å². The first kappa shape index (κ1) is 15.3. The van der Waals surface area contributed by atoms with E-state index in [0.717, 1.165) is 25.7 Å². The fourth-order valence-corrected chi connectivity index (χ4v) is 2.01. The van der Waals surface area contributed by atoms with Crippen molar-refractivity contribution >= 4 is 5.91 Å². The van der Waals surface area contributed by atoms with Crippen LogP contribution in [0.15, 0.2) is 0 Å². The first-order valence-electron chi connectivity index (χ1n) is 6.47. The van der Waals surface area contributed by atoms with Crippen LogP contribution >= 0.6 is 0 Å². The number of amides is 1. The fraction of sp³-hybridized carbons (Fsp3) is 0.917. The zero-order valence-corrected chi connectivity index (χ0v) is 10.8. The number of carbonyl (C=O) groups is 1. The first-order chi connectivity index (χ1) is 8.46. The van der Waals surface area contributed by atoms with E-state index in [-0.39, 0.29) is 5.91 Å². The molecule has 0 radical (unpaired) electrons. The molecule has 1 heterocycles. The van der Waals surface area contributed by atoms with Crippen molar-refractivity contribution in [3.63, 3.8) is 0 Å². The van der Waals surface area contributed by atoms with Gasteiger partial charge in [0.25, 0.3) is 5.92 Å². The van der Waals surface area contributed by atoms with Crippen LogP contribution in [-0.4, -0.2) is 54.1 Å². The number of aliphatic hydroxyl groups excluding tert-OH is 1. The Morgan fingerprint density at radius 2 is 1.89 bits per heavy atom. The predicted molar refractivity (Wildman–Crippen MR) is 64.5 cm³/mol. The molecular formula is C12H22F2N2O2. The molecule has 1 atom stereocenters. The Morgan fingerprint density at radius 3 is 2.39 bits per heavy atom. The molecule has 6 heteroatoms. The quantitative estimate of drug-likeness (QED) is 0.779. The van der Waals surface area contributed by atoms with E-state index in [0.29, 0.717) is 13.1 Å². The Kier molecular flexibility index (Phi) is 5.95. The van der Waals surface area contributed by atoms with Crippen LogP contribution < -0.4 is 5.32 Å². The minimum absolute atomic E-state index is 0.134. The fourth-order valence-electron chi connectivity index (χ4n) is 2.01. The average Bonchev–Trinajstić information content (AvgIpc) is 2.64. The molecule has 0 aromatic rings. The number of halogens is 2. The summed E-state index contributed by atoms with van der Waals surface area (Å²) in [6.07, 6.45) is 4.19. The van der Waals surface area contributed by atoms with E-state index in [1.54, 1.807) is 11.8 Å². The van der Waals surface area contributed by atoms with E-state index >= 15 is 0 Å². The second kappa shape index (κ2) is 6.99. The third kappa shape index (κ3) is 4.86. The summed E-state index contributed by atoms with van der Waals surface area (Å²) in [7, 11) is 0. The molecule has 0 saturated carbocycles. The van der Waals surface area contributed by atoms with Crippen LogP contribution in [0, 0.1) is 0 Å². The summed E-state index contributed by atoms with van der Waals surface area (Å²) in [4.78, 5) is 13.7. The molecule has 0 bridgehead atoms. The molecule has 0 aromatic carbocycles. The lowest BCUT2D eigenvalue weighted by Crippen LogP contribution is -2.49. The van der Waals surface area contributed by atoms with Crippen LogP contribution in [0.1, 0.15) is 32.6 Å². The summed E-state index contributed by atoms with van der Waals surface area (Å²) < 4.78 is 25.7. The summed E-state index contributed by atoms with van der Waals surface area (Å²) >= 11 is 0. The largest absolute Gasteiger partial charge is 0.390 e. The molecule has 0 aromatic heterocycles. The van der Waals surface area contributed by atoms with E-state index in [4.69, 9.17) is 5.11 Å². The molecule has 1 rings (SSSR count). The molecule has 106 valence electrons. The minimum atomic E-state index is -3.17. The van der Waals surface area contributed by atoms with Crippen molar-refractivity contribution < 1.29 is 18.7 Å². The smallest absolute Gasteiger partial charge is 0.282 e. The third-order valence-electron chi connectivity index (χ3n) is 3.19. The Bertz CT molecular complexity index is 267. The number of carbonyl (C=O) groups excluding carboxylic acids is 1. The zero-order valence-electron chi connectivity index (χ0n) is 10.8. The molecule has 1 unspecified atom stereocenters. The molecular weight excluding hydrogens is 242 g/mol. The molecule has 1 fully saturated rings. The SMILES string of the molecule is CC(NCC(F)(F)CO)C(=O)N1CCCCCC1. The standard InChI is InChI=1S/C12H22F2N2O2/c1-10(15-8-12(13,14)9-17)11(18)16-6-4-2-3-5-7-16/h10,15,17H,2-9H2,1H3. The van der Waals surface area contributed by atoms with Crippen molar-refractivity contribution in [3.05, 3.63) is 0 Å². The molecule has 1 aliphatic rings. The second-order valence-corrected chi connectivity index (χ2v) is 4.86. The Hall–Kier alpha value is -0.750. The maximum absolute atomic E-state index is 12.8. The van der Waals surface area contributed by atoms with E-state index < -0.39 is 25.1 Å². The third-order valence-corrected chi connectivity index (χ3v) is 3.19. The van der Waals surface area contributed by atoms with E-state index in [1.807, 2.05) is 0 Å². The van der Waals surface area contributed by atoms with Gasteiger partial charge >= 0.3 is 0 Å². The summed E-state index contributed by atoms with van der Waals surface area (Å²) in [5, 5.41) is 10.9. The number of hydrogen-bond donors (Lipinski definition) is 2. The Morgan fingerprint density at radius 1 is 1.33 bits per heavy atom. The normalized spacial score (nSPS) is 19.4. The van der Waals surface area contributed by atoms with E-state index in [9.17, 15) is 13.6 Å². The van der Waals surface area contributed by atoms with E-state index in [2.05, 4.69) is 5.32 Å². The van der Waals surface area contributed by atoms with Gasteiger partial charge in [0, 0.05) is 13.1 Å². The van der Waals surface area contributed by atoms with E-state index in [1.165, 1.54) is 0 Å². The lowest BCUT2D eigenvalue weighted by molar-refractivity contribution is -0.133. The van der Waals surface area contributed by atoms with Gasteiger partial charge in [-0.25, -0.2) is 8.78 Å². The number of nitrogens with one attached hydrogen (secondary N) is 1. The van der Waals surface area contributed by atoms with Crippen molar-refractivity contribution in [1.82, 2.24) is 10.2 Å². The van der Waals surface area contributed by atoms with Crippen molar-refractivity contribution in [1.29, 1.82) is 0 Å². The highest BCUT2D eigenvalue weighted by Crippen LogP contribution is 2.12. The highest BCUT2D eigenvalue weighted by Gasteiger charge is 2.30. The van der Waals surface area contributed by atoms with Crippen LogP contribution in [0.3, 0.4) is 0 Å². The average molecular weight is 264 g/mol. The van der Waals surface area contributed by atoms with Gasteiger partial charge in [-0.1, -0.05) is 12.8 Å². The van der Waals surface area contributed by atoms with Crippen LogP contribution in [0.25, 0.3) is 0 Å². The van der Waals surface area contributed by atoms with Gasteiger partial charge in [-0.05, 0) is 19.8 Å². The first-order valence-corrected chi connectivity index (χ1v) is 6.47. The van der Waals surface area contributed by atoms with Gasteiger partial charge < -0.3 is 15.3 Å². The summed E-state index contributed by atoms with van der Waals surface area (Å²) in [6, 6.07) is -0.638. The van der Waals surface area contributed by atoms with Crippen molar-refractivity contribution in [2.24, 2.45) is 0 Å². The number of hydrogen-bond acceptors (Lipinski definition) is 3. The summed E-state index contributed by atoms with van der Waals surface area (Å²) in [5.74, 6) is -3.31. The van der Waals surface area contributed by atoms with Crippen LogP contribution in [0.4, 0.5) is 8.78 Å². The van der Waals surface area contributed by atoms with Crippen LogP contribution in [-0.2, 0) is 4.79 Å². The number of likely N-dealkylation sites (tertiary alicyclic amines) is 1. The monoisotopic (exact) mass is 264 g/mol. The Balaban J connectivity index is 2.40. The molecule has 4 nitrogen and oxygen atoms in total. The predicted octanol–water partition coefficient (Wildman–Crippen LogP) is 0.995. The summed E-state index contributed by atoms with van der Waals surface area (Å²) in [5.41, 5.74) is 0. The zero-order chi connectivity index (χ0) is 13.6. The van der Waals surface area contributed by atoms with Gasteiger partial charge in [-0.15, -0.1) is 0 Å². The van der Waals surface area contributed by atoms with Crippen molar-refractivity contribution in [2.75, 3.05) is 26.2 Å². The van der Waals surface area contributed by atoms with Crippen molar-refractivity contribution in [3.8, 4) is 0 Å². The van der Waals surface area contributed by atoms with Gasteiger partial charge in [-0.3, -0.25) is 4.79 Å². The number of alkyl halides is 2. The molecule has 1 saturated heterocycles. The van der Waals surface area contributed by atoms with Gasteiger partial charge in [0.05, 0.1) is 12.6 Å². The molecule has 0 aliphatic carbocycles.